The van der Waals surface area contributed by atoms with Gasteiger partial charge in [-0.1, -0.05) is 6.07 Å². The lowest BCUT2D eigenvalue weighted by Gasteiger charge is -2.16. The van der Waals surface area contributed by atoms with Gasteiger partial charge < -0.3 is 0 Å². The molecule has 0 saturated carbocycles. The molecule has 0 aliphatic heterocycles. The molecule has 0 aliphatic rings. The normalized spacial score (nSPS) is 13.1. The maximum Gasteiger partial charge on any atom is 0.417 e. The highest BCUT2D eigenvalue weighted by atomic mass is 32.2. The van der Waals surface area contributed by atoms with Crippen LogP contribution in [0.3, 0.4) is 0 Å². The Kier molecular flexibility index (Phi) is 4.38. The van der Waals surface area contributed by atoms with Crippen molar-refractivity contribution >= 4 is 9.84 Å². The monoisotopic (exact) mass is 372 g/mol. The summed E-state index contributed by atoms with van der Waals surface area (Å²) in [4.78, 5) is -1.69. The minimum atomic E-state index is -5.42. The number of rotatable bonds is 2. The molecule has 0 unspecified atom stereocenters. The summed E-state index contributed by atoms with van der Waals surface area (Å²) in [6.07, 6.45) is -10.7. The van der Waals surface area contributed by atoms with Gasteiger partial charge in [0.2, 0.25) is 9.84 Å². The molecule has 0 heterocycles. The Balaban J connectivity index is 2.69. The number of benzene rings is 2. The molecule has 0 fully saturated rings. The Morgan fingerprint density at radius 3 is 1.75 bits per heavy atom. The molecule has 0 amide bonds. The van der Waals surface area contributed by atoms with Crippen molar-refractivity contribution in [2.24, 2.45) is 0 Å². The van der Waals surface area contributed by atoms with Crippen molar-refractivity contribution in [2.45, 2.75) is 22.1 Å². The minimum absolute atomic E-state index is 0.0367. The Morgan fingerprint density at radius 1 is 0.708 bits per heavy atom. The van der Waals surface area contributed by atoms with Crippen LogP contribution in [0.1, 0.15) is 11.1 Å². The Bertz CT molecular complexity index is 867. The lowest BCUT2D eigenvalue weighted by atomic mass is 10.1. The van der Waals surface area contributed by atoms with Crippen molar-refractivity contribution in [3.8, 4) is 0 Å². The van der Waals surface area contributed by atoms with E-state index < -0.39 is 48.9 Å². The van der Waals surface area contributed by atoms with E-state index in [1.54, 1.807) is 0 Å². The lowest BCUT2D eigenvalue weighted by Crippen LogP contribution is -2.17. The zero-order valence-electron chi connectivity index (χ0n) is 11.4. The molecule has 0 radical (unpaired) electrons. The average Bonchev–Trinajstić information content (AvgIpc) is 2.44. The van der Waals surface area contributed by atoms with Crippen molar-refractivity contribution in [1.29, 1.82) is 0 Å². The molecule has 0 N–H and O–H groups in total. The van der Waals surface area contributed by atoms with E-state index in [1.165, 1.54) is 0 Å². The van der Waals surface area contributed by atoms with Crippen LogP contribution in [0.4, 0.5) is 30.7 Å². The zero-order chi connectivity index (χ0) is 18.3. The number of hydrogen-bond acceptors (Lipinski definition) is 2. The molecule has 0 aliphatic carbocycles. The van der Waals surface area contributed by atoms with E-state index in [4.69, 9.17) is 0 Å². The van der Waals surface area contributed by atoms with Gasteiger partial charge in [0.1, 0.15) is 5.82 Å². The molecule has 2 rings (SSSR count). The quantitative estimate of drug-likeness (QED) is 0.717. The van der Waals surface area contributed by atoms with Gasteiger partial charge in [-0.3, -0.25) is 0 Å². The molecular formula is C14H7F7O2S. The average molecular weight is 372 g/mol. The summed E-state index contributed by atoms with van der Waals surface area (Å²) in [5.41, 5.74) is -4.14. The third-order valence-corrected chi connectivity index (χ3v) is 4.77. The fourth-order valence-electron chi connectivity index (χ4n) is 1.94. The predicted molar refractivity (Wildman–Crippen MR) is 68.3 cm³/mol. The molecule has 2 aromatic rings. The number of hydrogen-bond donors (Lipinski definition) is 0. The molecule has 0 aromatic heterocycles. The summed E-state index contributed by atoms with van der Waals surface area (Å²) in [7, 11) is -4.61. The van der Waals surface area contributed by atoms with Crippen LogP contribution in [0.5, 0.6) is 0 Å². The van der Waals surface area contributed by atoms with Gasteiger partial charge in [-0.15, -0.1) is 0 Å². The van der Waals surface area contributed by atoms with Gasteiger partial charge in [0.05, 0.1) is 20.9 Å². The fraction of sp³-hybridized carbons (Fsp3) is 0.143. The molecule has 10 heteroatoms. The largest absolute Gasteiger partial charge is 0.417 e. The summed E-state index contributed by atoms with van der Waals surface area (Å²) >= 11 is 0. The van der Waals surface area contributed by atoms with Gasteiger partial charge in [-0.05, 0) is 36.4 Å². The third kappa shape index (κ3) is 3.53. The second-order valence-electron chi connectivity index (χ2n) is 4.66. The molecule has 24 heavy (non-hydrogen) atoms. The maximum atomic E-state index is 13.1. The second-order valence-corrected chi connectivity index (χ2v) is 6.61. The SMILES string of the molecule is O=S(=O)(c1cccc(F)c1)c1ccc(C(F)(F)F)c(C(F)(F)F)c1. The smallest absolute Gasteiger partial charge is 0.219 e. The van der Waals surface area contributed by atoms with Gasteiger partial charge in [-0.25, -0.2) is 12.8 Å². The molecule has 0 saturated heterocycles. The Labute approximate surface area is 131 Å². The van der Waals surface area contributed by atoms with Crippen molar-refractivity contribution in [2.75, 3.05) is 0 Å². The van der Waals surface area contributed by atoms with Crippen LogP contribution < -0.4 is 0 Å². The summed E-state index contributed by atoms with van der Waals surface area (Å²) in [5.74, 6) is -0.959. The molecule has 2 aromatic carbocycles. The van der Waals surface area contributed by atoms with Gasteiger partial charge in [0.25, 0.3) is 0 Å². The van der Waals surface area contributed by atoms with Crippen molar-refractivity contribution in [1.82, 2.24) is 0 Å². The van der Waals surface area contributed by atoms with E-state index in [9.17, 15) is 39.2 Å². The fourth-order valence-corrected chi connectivity index (χ4v) is 3.26. The minimum Gasteiger partial charge on any atom is -0.219 e. The van der Waals surface area contributed by atoms with Crippen LogP contribution >= 0.6 is 0 Å². The Hall–Kier alpha value is -2.10. The number of halogens is 7. The first-order chi connectivity index (χ1) is 10.8. The molecule has 0 atom stereocenters. The number of sulfone groups is 1. The van der Waals surface area contributed by atoms with Gasteiger partial charge in [0, 0.05) is 0 Å². The predicted octanol–water partition coefficient (Wildman–Crippen LogP) is 4.70. The van der Waals surface area contributed by atoms with Crippen LogP contribution in [-0.2, 0) is 22.2 Å². The lowest BCUT2D eigenvalue weighted by molar-refractivity contribution is -0.162. The van der Waals surface area contributed by atoms with Crippen LogP contribution in [0.25, 0.3) is 0 Å². The standard InChI is InChI=1S/C14H7F7O2S/c15-8-2-1-3-9(6-8)24(22,23)10-4-5-11(13(16,17)18)12(7-10)14(19,20)21/h1-7H. The van der Waals surface area contributed by atoms with E-state index in [2.05, 4.69) is 0 Å². The van der Waals surface area contributed by atoms with E-state index in [-0.39, 0.29) is 12.1 Å². The van der Waals surface area contributed by atoms with E-state index in [1.807, 2.05) is 0 Å². The second kappa shape index (κ2) is 5.76. The van der Waals surface area contributed by atoms with Gasteiger partial charge in [0.15, 0.2) is 0 Å². The highest BCUT2D eigenvalue weighted by Gasteiger charge is 2.43. The first-order valence-electron chi connectivity index (χ1n) is 6.12. The highest BCUT2D eigenvalue weighted by molar-refractivity contribution is 7.91. The number of alkyl halides is 6. The van der Waals surface area contributed by atoms with Crippen molar-refractivity contribution in [3.63, 3.8) is 0 Å². The summed E-state index contributed by atoms with van der Waals surface area (Å²) in [5, 5.41) is 0. The zero-order valence-corrected chi connectivity index (χ0v) is 12.2. The van der Waals surface area contributed by atoms with Gasteiger partial charge in [-0.2, -0.15) is 26.3 Å². The van der Waals surface area contributed by atoms with Gasteiger partial charge >= 0.3 is 12.4 Å². The van der Waals surface area contributed by atoms with Crippen LogP contribution in [0.15, 0.2) is 52.3 Å². The molecule has 0 bridgehead atoms. The first-order valence-corrected chi connectivity index (χ1v) is 7.61. The van der Waals surface area contributed by atoms with Crippen LogP contribution in [0.2, 0.25) is 0 Å². The Morgan fingerprint density at radius 2 is 1.25 bits per heavy atom. The van der Waals surface area contributed by atoms with E-state index in [0.29, 0.717) is 12.1 Å². The first kappa shape index (κ1) is 18.2. The maximum absolute atomic E-state index is 13.1. The summed E-state index contributed by atoms with van der Waals surface area (Å²) < 4.78 is 114. The van der Waals surface area contributed by atoms with Crippen LogP contribution in [-0.4, -0.2) is 8.42 Å². The van der Waals surface area contributed by atoms with E-state index in [0.717, 1.165) is 18.2 Å². The van der Waals surface area contributed by atoms with E-state index >= 15 is 0 Å². The van der Waals surface area contributed by atoms with Crippen molar-refractivity contribution in [3.05, 3.63) is 59.4 Å². The molecular weight excluding hydrogens is 365 g/mol. The third-order valence-electron chi connectivity index (χ3n) is 3.02. The summed E-state index contributed by atoms with van der Waals surface area (Å²) in [6.45, 7) is 0. The highest BCUT2D eigenvalue weighted by Crippen LogP contribution is 2.41. The molecule has 2 nitrogen and oxygen atoms in total. The molecule has 0 spiro atoms. The topological polar surface area (TPSA) is 34.1 Å². The van der Waals surface area contributed by atoms with Crippen molar-refractivity contribution < 1.29 is 39.2 Å². The van der Waals surface area contributed by atoms with Crippen LogP contribution in [0, 0.1) is 5.82 Å². The molecule has 130 valence electrons. The summed E-state index contributed by atoms with van der Waals surface area (Å²) in [6, 6.07) is 3.73.